The minimum Gasteiger partial charge on any atom is -0.376 e. The number of nitrogens with two attached hydrogens (primary N) is 1. The minimum absolute atomic E-state index is 0.184. The molecule has 3 heteroatoms. The molecule has 0 spiro atoms. The van der Waals surface area contributed by atoms with Crippen molar-refractivity contribution in [1.29, 1.82) is 0 Å². The predicted molar refractivity (Wildman–Crippen MR) is 62.7 cm³/mol. The van der Waals surface area contributed by atoms with Gasteiger partial charge in [-0.3, -0.25) is 4.79 Å². The second-order valence-corrected chi connectivity index (χ2v) is 4.11. The van der Waals surface area contributed by atoms with Gasteiger partial charge in [-0.15, -0.1) is 0 Å². The van der Waals surface area contributed by atoms with Crippen molar-refractivity contribution in [3.8, 4) is 0 Å². The summed E-state index contributed by atoms with van der Waals surface area (Å²) in [5, 5.41) is 2.95. The van der Waals surface area contributed by atoms with Crippen LogP contribution < -0.4 is 11.1 Å². The highest BCUT2D eigenvalue weighted by Crippen LogP contribution is 2.12. The highest BCUT2D eigenvalue weighted by Gasteiger charge is 1.98. The summed E-state index contributed by atoms with van der Waals surface area (Å²) >= 11 is 0. The van der Waals surface area contributed by atoms with E-state index in [0.29, 0.717) is 5.92 Å². The van der Waals surface area contributed by atoms with Gasteiger partial charge in [-0.2, -0.15) is 0 Å². The standard InChI is InChI=1S/C12H18N2O/c1-9(2)7-10-3-5-11(6-4-10)14-8-12(13)15/h3-6,9,14H,7-8H2,1-2H3,(H2,13,15). The van der Waals surface area contributed by atoms with Crippen molar-refractivity contribution in [3.05, 3.63) is 29.8 Å². The topological polar surface area (TPSA) is 55.1 Å². The van der Waals surface area contributed by atoms with Crippen LogP contribution in [0.25, 0.3) is 0 Å². The molecule has 0 atom stereocenters. The van der Waals surface area contributed by atoms with Gasteiger partial charge in [0.05, 0.1) is 6.54 Å². The molecule has 0 aliphatic heterocycles. The molecular weight excluding hydrogens is 188 g/mol. The first kappa shape index (κ1) is 11.6. The van der Waals surface area contributed by atoms with E-state index in [1.54, 1.807) is 0 Å². The van der Waals surface area contributed by atoms with E-state index < -0.39 is 0 Å². The first-order chi connectivity index (χ1) is 7.08. The molecule has 0 bridgehead atoms. The van der Waals surface area contributed by atoms with E-state index in [9.17, 15) is 4.79 Å². The number of hydrogen-bond acceptors (Lipinski definition) is 2. The number of nitrogens with one attached hydrogen (secondary N) is 1. The van der Waals surface area contributed by atoms with Crippen molar-refractivity contribution >= 4 is 11.6 Å². The molecular formula is C12H18N2O. The summed E-state index contributed by atoms with van der Waals surface area (Å²) < 4.78 is 0. The van der Waals surface area contributed by atoms with Crippen molar-refractivity contribution in [2.24, 2.45) is 11.7 Å². The van der Waals surface area contributed by atoms with Gasteiger partial charge in [-0.1, -0.05) is 26.0 Å². The molecule has 0 aliphatic rings. The summed E-state index contributed by atoms with van der Waals surface area (Å²) in [5.74, 6) is 0.315. The molecule has 1 amide bonds. The van der Waals surface area contributed by atoms with Gasteiger partial charge in [0.15, 0.2) is 0 Å². The van der Waals surface area contributed by atoms with Crippen LogP contribution in [-0.4, -0.2) is 12.5 Å². The van der Waals surface area contributed by atoms with Crippen LogP contribution in [0.5, 0.6) is 0 Å². The molecule has 1 rings (SSSR count). The predicted octanol–water partition coefficient (Wildman–Crippen LogP) is 1.78. The Morgan fingerprint density at radius 2 is 1.93 bits per heavy atom. The zero-order chi connectivity index (χ0) is 11.3. The second-order valence-electron chi connectivity index (χ2n) is 4.11. The number of hydrogen-bond donors (Lipinski definition) is 2. The normalized spacial score (nSPS) is 10.3. The quantitative estimate of drug-likeness (QED) is 0.771. The average Bonchev–Trinajstić information content (AvgIpc) is 2.16. The van der Waals surface area contributed by atoms with E-state index in [-0.39, 0.29) is 12.5 Å². The molecule has 0 saturated heterocycles. The lowest BCUT2D eigenvalue weighted by Gasteiger charge is -2.07. The molecule has 0 fully saturated rings. The van der Waals surface area contributed by atoms with Gasteiger partial charge in [-0.05, 0) is 30.0 Å². The van der Waals surface area contributed by atoms with Crippen molar-refractivity contribution in [2.45, 2.75) is 20.3 Å². The molecule has 1 aromatic rings. The summed E-state index contributed by atoms with van der Waals surface area (Å²) in [6.45, 7) is 4.57. The van der Waals surface area contributed by atoms with Crippen molar-refractivity contribution in [1.82, 2.24) is 0 Å². The maximum Gasteiger partial charge on any atom is 0.236 e. The lowest BCUT2D eigenvalue weighted by atomic mass is 10.0. The van der Waals surface area contributed by atoms with Crippen LogP contribution in [0.1, 0.15) is 19.4 Å². The van der Waals surface area contributed by atoms with E-state index in [0.717, 1.165) is 12.1 Å². The number of carbonyl (C=O) groups is 1. The summed E-state index contributed by atoms with van der Waals surface area (Å²) in [7, 11) is 0. The molecule has 0 saturated carbocycles. The molecule has 0 unspecified atom stereocenters. The summed E-state index contributed by atoms with van der Waals surface area (Å²) in [5.41, 5.74) is 7.28. The first-order valence-electron chi connectivity index (χ1n) is 5.19. The molecule has 0 aliphatic carbocycles. The van der Waals surface area contributed by atoms with Gasteiger partial charge in [0.2, 0.25) is 5.91 Å². The second kappa shape index (κ2) is 5.39. The highest BCUT2D eigenvalue weighted by molar-refractivity contribution is 5.78. The number of benzene rings is 1. The third kappa shape index (κ3) is 4.49. The van der Waals surface area contributed by atoms with Gasteiger partial charge in [0.1, 0.15) is 0 Å². The number of anilines is 1. The molecule has 0 heterocycles. The first-order valence-corrected chi connectivity index (χ1v) is 5.19. The zero-order valence-corrected chi connectivity index (χ0v) is 9.29. The lowest BCUT2D eigenvalue weighted by molar-refractivity contribution is -0.116. The van der Waals surface area contributed by atoms with E-state index in [4.69, 9.17) is 5.73 Å². The van der Waals surface area contributed by atoms with Gasteiger partial charge in [0.25, 0.3) is 0 Å². The molecule has 15 heavy (non-hydrogen) atoms. The Labute approximate surface area is 90.7 Å². The van der Waals surface area contributed by atoms with Gasteiger partial charge >= 0.3 is 0 Å². The van der Waals surface area contributed by atoms with Crippen molar-refractivity contribution < 1.29 is 4.79 Å². The van der Waals surface area contributed by atoms with Crippen LogP contribution in [0.2, 0.25) is 0 Å². The maximum absolute atomic E-state index is 10.5. The third-order valence-electron chi connectivity index (χ3n) is 2.06. The van der Waals surface area contributed by atoms with Crippen LogP contribution in [0.15, 0.2) is 24.3 Å². The number of amides is 1. The Hall–Kier alpha value is -1.51. The van der Waals surface area contributed by atoms with E-state index in [1.165, 1.54) is 5.56 Å². The smallest absolute Gasteiger partial charge is 0.236 e. The van der Waals surface area contributed by atoms with E-state index in [2.05, 4.69) is 31.3 Å². The van der Waals surface area contributed by atoms with Gasteiger partial charge < -0.3 is 11.1 Å². The van der Waals surface area contributed by atoms with E-state index in [1.807, 2.05) is 12.1 Å². The molecule has 1 aromatic carbocycles. The number of carbonyl (C=O) groups excluding carboxylic acids is 1. The Bertz CT molecular complexity index is 317. The van der Waals surface area contributed by atoms with E-state index >= 15 is 0 Å². The largest absolute Gasteiger partial charge is 0.376 e. The average molecular weight is 206 g/mol. The maximum atomic E-state index is 10.5. The summed E-state index contributed by atoms with van der Waals surface area (Å²) in [6.07, 6.45) is 1.08. The zero-order valence-electron chi connectivity index (χ0n) is 9.29. The number of primary amides is 1. The molecule has 0 aromatic heterocycles. The molecule has 82 valence electrons. The van der Waals surface area contributed by atoms with Crippen molar-refractivity contribution in [3.63, 3.8) is 0 Å². The molecule has 3 nitrogen and oxygen atoms in total. The van der Waals surface area contributed by atoms with Crippen LogP contribution in [0.4, 0.5) is 5.69 Å². The van der Waals surface area contributed by atoms with Gasteiger partial charge in [-0.25, -0.2) is 0 Å². The fraction of sp³-hybridized carbons (Fsp3) is 0.417. The SMILES string of the molecule is CC(C)Cc1ccc(NCC(N)=O)cc1. The minimum atomic E-state index is -0.346. The number of rotatable bonds is 5. The molecule has 3 N–H and O–H groups in total. The summed E-state index contributed by atoms with van der Waals surface area (Å²) in [4.78, 5) is 10.5. The van der Waals surface area contributed by atoms with Crippen LogP contribution in [0.3, 0.4) is 0 Å². The highest BCUT2D eigenvalue weighted by atomic mass is 16.1. The Morgan fingerprint density at radius 1 is 1.33 bits per heavy atom. The summed E-state index contributed by atoms with van der Waals surface area (Å²) in [6, 6.07) is 8.09. The lowest BCUT2D eigenvalue weighted by Crippen LogP contribution is -2.21. The fourth-order valence-corrected chi connectivity index (χ4v) is 1.42. The van der Waals surface area contributed by atoms with Crippen LogP contribution in [0, 0.1) is 5.92 Å². The van der Waals surface area contributed by atoms with Crippen LogP contribution >= 0.6 is 0 Å². The Balaban J connectivity index is 2.52. The molecule has 0 radical (unpaired) electrons. The fourth-order valence-electron chi connectivity index (χ4n) is 1.42. The van der Waals surface area contributed by atoms with Crippen LogP contribution in [-0.2, 0) is 11.2 Å². The third-order valence-corrected chi connectivity index (χ3v) is 2.06. The Morgan fingerprint density at radius 3 is 2.40 bits per heavy atom. The monoisotopic (exact) mass is 206 g/mol. The Kier molecular flexibility index (Phi) is 4.16. The van der Waals surface area contributed by atoms with Crippen molar-refractivity contribution in [2.75, 3.05) is 11.9 Å². The van der Waals surface area contributed by atoms with Gasteiger partial charge in [0, 0.05) is 5.69 Å².